The smallest absolute Gasteiger partial charge is 0.225 e. The number of carbonyl (C=O) groups excluding carboxylic acids is 1. The monoisotopic (exact) mass is 509 g/mol. The van der Waals surface area contributed by atoms with Gasteiger partial charge >= 0.3 is 0 Å². The van der Waals surface area contributed by atoms with Gasteiger partial charge in [0, 0.05) is 18.2 Å². The standard InChI is InChI=1S/C25H31N7O3S/c1-11(13-3-4-13)28-24-29-12(2)17(22(31-24)32-25(35)9-7-15(20(25)33)21(26)34)23-30-19-16(36-23)8-10-27-18(19)14-5-6-14/h8,10-11,13-15,20,33,35H,3-7,9H2,1-2H3,(H2,26,34)(H2,28,29,31,32). The number of pyridine rings is 1. The molecule has 3 aliphatic rings. The summed E-state index contributed by atoms with van der Waals surface area (Å²) < 4.78 is 1.03. The van der Waals surface area contributed by atoms with E-state index in [9.17, 15) is 15.0 Å². The van der Waals surface area contributed by atoms with Crippen molar-refractivity contribution < 1.29 is 15.0 Å². The van der Waals surface area contributed by atoms with Crippen LogP contribution < -0.4 is 16.4 Å². The minimum atomic E-state index is -1.76. The van der Waals surface area contributed by atoms with Crippen LogP contribution in [0, 0.1) is 18.8 Å². The largest absolute Gasteiger partial charge is 0.387 e. The Balaban J connectivity index is 1.43. The zero-order valence-electron chi connectivity index (χ0n) is 20.4. The van der Waals surface area contributed by atoms with Crippen molar-refractivity contribution in [2.24, 2.45) is 17.6 Å². The Bertz CT molecular complexity index is 1340. The number of anilines is 2. The molecule has 0 bridgehead atoms. The molecule has 4 unspecified atom stereocenters. The van der Waals surface area contributed by atoms with Crippen molar-refractivity contribution in [2.45, 2.75) is 76.2 Å². The highest BCUT2D eigenvalue weighted by molar-refractivity contribution is 7.21. The summed E-state index contributed by atoms with van der Waals surface area (Å²) in [5, 5.41) is 29.3. The number of hydrogen-bond acceptors (Lipinski definition) is 10. The Morgan fingerprint density at radius 3 is 2.67 bits per heavy atom. The maximum Gasteiger partial charge on any atom is 0.225 e. The van der Waals surface area contributed by atoms with Crippen LogP contribution in [-0.4, -0.2) is 53.9 Å². The van der Waals surface area contributed by atoms with Crippen LogP contribution in [0.25, 0.3) is 20.8 Å². The molecule has 1 amide bonds. The summed E-state index contributed by atoms with van der Waals surface area (Å²) in [4.78, 5) is 30.8. The third-order valence-electron chi connectivity index (χ3n) is 7.70. The molecule has 3 aromatic rings. The second-order valence-corrected chi connectivity index (χ2v) is 11.5. The van der Waals surface area contributed by atoms with E-state index in [2.05, 4.69) is 22.5 Å². The predicted molar refractivity (Wildman–Crippen MR) is 137 cm³/mol. The Hall–Kier alpha value is -2.89. The summed E-state index contributed by atoms with van der Waals surface area (Å²) in [5.41, 5.74) is 6.97. The van der Waals surface area contributed by atoms with Gasteiger partial charge in [-0.2, -0.15) is 4.98 Å². The average molecular weight is 510 g/mol. The van der Waals surface area contributed by atoms with E-state index in [4.69, 9.17) is 20.7 Å². The molecular formula is C25H31N7O3S. The Labute approximate surface area is 212 Å². The third-order valence-corrected chi connectivity index (χ3v) is 8.73. The van der Waals surface area contributed by atoms with E-state index in [0.717, 1.165) is 28.8 Å². The van der Waals surface area contributed by atoms with Gasteiger partial charge in [-0.15, -0.1) is 11.3 Å². The third kappa shape index (κ3) is 4.18. The lowest BCUT2D eigenvalue weighted by atomic mass is 10.0. The molecule has 4 atom stereocenters. The SMILES string of the molecule is Cc1nc(NC(C)C2CC2)nc(NC2(O)CCC(C(N)=O)C2O)c1-c1nc2c(C3CC3)nccc2s1. The minimum absolute atomic E-state index is 0.154. The van der Waals surface area contributed by atoms with Gasteiger partial charge in [-0.1, -0.05) is 0 Å². The first-order valence-corrected chi connectivity index (χ1v) is 13.4. The van der Waals surface area contributed by atoms with Gasteiger partial charge in [-0.05, 0) is 64.4 Å². The number of nitrogens with zero attached hydrogens (tertiary/aromatic N) is 4. The van der Waals surface area contributed by atoms with Crippen molar-refractivity contribution in [1.82, 2.24) is 19.9 Å². The quantitative estimate of drug-likeness (QED) is 0.288. The van der Waals surface area contributed by atoms with Gasteiger partial charge in [-0.25, -0.2) is 9.97 Å². The zero-order valence-corrected chi connectivity index (χ0v) is 21.2. The number of rotatable bonds is 8. The number of nitrogens with two attached hydrogens (primary N) is 1. The first-order chi connectivity index (χ1) is 17.2. The van der Waals surface area contributed by atoms with Gasteiger partial charge in [0.05, 0.1) is 27.6 Å². The fourth-order valence-electron chi connectivity index (χ4n) is 5.19. The van der Waals surface area contributed by atoms with Crippen LogP contribution in [0.1, 0.15) is 62.8 Å². The number of amides is 1. The second kappa shape index (κ2) is 8.60. The summed E-state index contributed by atoms with van der Waals surface area (Å²) in [6.07, 6.45) is 5.51. The lowest BCUT2D eigenvalue weighted by Crippen LogP contribution is -2.49. The number of thiazole rings is 1. The number of nitrogens with one attached hydrogen (secondary N) is 2. The number of carbonyl (C=O) groups is 1. The van der Waals surface area contributed by atoms with Gasteiger partial charge in [0.25, 0.3) is 0 Å². The molecule has 3 aromatic heterocycles. The maximum absolute atomic E-state index is 11.8. The number of aliphatic hydroxyl groups excluding tert-OH is 1. The minimum Gasteiger partial charge on any atom is -0.387 e. The van der Waals surface area contributed by atoms with Crippen molar-refractivity contribution >= 4 is 39.2 Å². The van der Waals surface area contributed by atoms with Crippen LogP contribution >= 0.6 is 11.3 Å². The molecule has 3 aliphatic carbocycles. The van der Waals surface area contributed by atoms with E-state index < -0.39 is 23.7 Å². The van der Waals surface area contributed by atoms with E-state index in [1.165, 1.54) is 24.2 Å². The van der Waals surface area contributed by atoms with E-state index in [-0.39, 0.29) is 18.9 Å². The van der Waals surface area contributed by atoms with Crippen LogP contribution in [0.3, 0.4) is 0 Å². The van der Waals surface area contributed by atoms with Crippen molar-refractivity contribution in [3.63, 3.8) is 0 Å². The number of aromatic nitrogens is 4. The highest BCUT2D eigenvalue weighted by Gasteiger charge is 2.49. The Morgan fingerprint density at radius 1 is 1.22 bits per heavy atom. The summed E-state index contributed by atoms with van der Waals surface area (Å²) >= 11 is 1.53. The zero-order chi connectivity index (χ0) is 25.2. The molecule has 0 aromatic carbocycles. The molecule has 3 heterocycles. The molecule has 10 nitrogen and oxygen atoms in total. The van der Waals surface area contributed by atoms with Crippen LogP contribution in [0.15, 0.2) is 12.3 Å². The maximum atomic E-state index is 11.8. The molecule has 0 spiro atoms. The van der Waals surface area contributed by atoms with E-state index in [0.29, 0.717) is 39.9 Å². The van der Waals surface area contributed by atoms with Crippen LogP contribution in [-0.2, 0) is 4.79 Å². The molecule has 0 radical (unpaired) electrons. The summed E-state index contributed by atoms with van der Waals surface area (Å²) in [6, 6.07) is 2.18. The Morgan fingerprint density at radius 2 is 2.00 bits per heavy atom. The molecule has 11 heteroatoms. The lowest BCUT2D eigenvalue weighted by molar-refractivity contribution is -0.128. The molecule has 36 heavy (non-hydrogen) atoms. The van der Waals surface area contributed by atoms with Crippen molar-refractivity contribution in [3.8, 4) is 10.6 Å². The highest BCUT2D eigenvalue weighted by atomic mass is 32.1. The molecule has 0 aliphatic heterocycles. The molecule has 190 valence electrons. The number of aliphatic hydroxyl groups is 2. The summed E-state index contributed by atoms with van der Waals surface area (Å²) in [5.74, 6) is 0.387. The molecule has 6 N–H and O–H groups in total. The van der Waals surface area contributed by atoms with Gasteiger partial charge in [0.15, 0.2) is 5.72 Å². The molecule has 0 saturated heterocycles. The fourth-order valence-corrected chi connectivity index (χ4v) is 6.26. The van der Waals surface area contributed by atoms with E-state index in [1.54, 1.807) is 0 Å². The van der Waals surface area contributed by atoms with Crippen LogP contribution in [0.4, 0.5) is 11.8 Å². The summed E-state index contributed by atoms with van der Waals surface area (Å²) in [7, 11) is 0. The van der Waals surface area contributed by atoms with Gasteiger partial charge in [-0.3, -0.25) is 9.78 Å². The Kier molecular flexibility index (Phi) is 5.62. The van der Waals surface area contributed by atoms with E-state index in [1.807, 2.05) is 19.2 Å². The summed E-state index contributed by atoms with van der Waals surface area (Å²) in [6.45, 7) is 4.01. The van der Waals surface area contributed by atoms with Crippen molar-refractivity contribution in [3.05, 3.63) is 23.7 Å². The average Bonchev–Trinajstić information content (AvgIpc) is 3.74. The van der Waals surface area contributed by atoms with Gasteiger partial charge in [0.1, 0.15) is 22.4 Å². The normalized spacial score (nSPS) is 26.8. The molecule has 3 saturated carbocycles. The molecule has 6 rings (SSSR count). The van der Waals surface area contributed by atoms with Crippen molar-refractivity contribution in [1.29, 1.82) is 0 Å². The first kappa shape index (κ1) is 23.5. The lowest BCUT2D eigenvalue weighted by Gasteiger charge is -2.30. The topological polar surface area (TPSA) is 159 Å². The number of hydrogen-bond donors (Lipinski definition) is 5. The number of primary amides is 1. The number of aryl methyl sites for hydroxylation is 1. The molecular weight excluding hydrogens is 478 g/mol. The second-order valence-electron chi connectivity index (χ2n) is 10.5. The predicted octanol–water partition coefficient (Wildman–Crippen LogP) is 2.90. The van der Waals surface area contributed by atoms with Crippen LogP contribution in [0.5, 0.6) is 0 Å². The van der Waals surface area contributed by atoms with Crippen molar-refractivity contribution in [2.75, 3.05) is 10.6 Å². The first-order valence-electron chi connectivity index (χ1n) is 12.6. The molecule has 3 fully saturated rings. The van der Waals surface area contributed by atoms with Gasteiger partial charge < -0.3 is 26.6 Å². The highest BCUT2D eigenvalue weighted by Crippen LogP contribution is 2.45. The number of fused-ring (bicyclic) bond motifs is 1. The van der Waals surface area contributed by atoms with E-state index >= 15 is 0 Å². The fraction of sp³-hybridized carbons (Fsp3) is 0.560. The van der Waals surface area contributed by atoms with Gasteiger partial charge in [0.2, 0.25) is 11.9 Å². The van der Waals surface area contributed by atoms with Crippen LogP contribution in [0.2, 0.25) is 0 Å².